The Balaban J connectivity index is 2.19. The van der Waals surface area contributed by atoms with E-state index in [9.17, 15) is 4.39 Å². The van der Waals surface area contributed by atoms with Crippen molar-refractivity contribution in [2.45, 2.75) is 31.5 Å². The number of benzene rings is 1. The molecule has 0 spiro atoms. The highest BCUT2D eigenvalue weighted by Gasteiger charge is 2.25. The van der Waals surface area contributed by atoms with E-state index in [2.05, 4.69) is 5.32 Å². The molecule has 0 bridgehead atoms. The highest BCUT2D eigenvalue weighted by Crippen LogP contribution is 2.32. The summed E-state index contributed by atoms with van der Waals surface area (Å²) in [5.41, 5.74) is 0.616. The third-order valence-electron chi connectivity index (χ3n) is 3.39. The van der Waals surface area contributed by atoms with Gasteiger partial charge in [0.25, 0.3) is 0 Å². The van der Waals surface area contributed by atoms with Crippen LogP contribution < -0.4 is 14.8 Å². The van der Waals surface area contributed by atoms with Gasteiger partial charge in [0.2, 0.25) is 0 Å². The van der Waals surface area contributed by atoms with Gasteiger partial charge in [-0.3, -0.25) is 0 Å². The summed E-state index contributed by atoms with van der Waals surface area (Å²) < 4.78 is 24.8. The highest BCUT2D eigenvalue weighted by atomic mass is 19.1. The summed E-state index contributed by atoms with van der Waals surface area (Å²) in [6.45, 7) is 0.895. The number of hydrogen-bond donors (Lipinski definition) is 1. The molecule has 0 aliphatic carbocycles. The molecule has 0 aromatic heterocycles. The summed E-state index contributed by atoms with van der Waals surface area (Å²) in [7, 11) is 3.15. The molecule has 1 aliphatic heterocycles. The van der Waals surface area contributed by atoms with Crippen molar-refractivity contribution in [1.82, 2.24) is 5.32 Å². The Morgan fingerprint density at radius 3 is 2.33 bits per heavy atom. The zero-order valence-corrected chi connectivity index (χ0v) is 10.9. The molecule has 2 rings (SSSR count). The molecule has 3 nitrogen and oxygen atoms in total. The van der Waals surface area contributed by atoms with Gasteiger partial charge in [0.05, 0.1) is 14.2 Å². The van der Waals surface area contributed by atoms with Gasteiger partial charge in [0.15, 0.2) is 0 Å². The molecule has 0 radical (unpaired) electrons. The molecule has 1 saturated heterocycles. The maximum absolute atomic E-state index is 14.5. The van der Waals surface area contributed by atoms with Crippen molar-refractivity contribution in [3.63, 3.8) is 0 Å². The van der Waals surface area contributed by atoms with Crippen molar-refractivity contribution >= 4 is 0 Å². The first-order valence-corrected chi connectivity index (χ1v) is 6.35. The summed E-state index contributed by atoms with van der Waals surface area (Å²) in [6, 6.07) is 5.13. The number of alkyl halides is 1. The third kappa shape index (κ3) is 2.93. The fourth-order valence-corrected chi connectivity index (χ4v) is 2.35. The second kappa shape index (κ2) is 6.05. The SMILES string of the molecule is COc1cc(OC)cc(C(F)C2CCCCN2)c1. The van der Waals surface area contributed by atoms with E-state index < -0.39 is 6.17 Å². The van der Waals surface area contributed by atoms with Crippen molar-refractivity contribution in [3.05, 3.63) is 23.8 Å². The topological polar surface area (TPSA) is 30.5 Å². The van der Waals surface area contributed by atoms with Gasteiger partial charge in [-0.15, -0.1) is 0 Å². The molecule has 0 saturated carbocycles. The Morgan fingerprint density at radius 1 is 1.17 bits per heavy atom. The predicted octanol–water partition coefficient (Wildman–Crippen LogP) is 2.86. The zero-order valence-electron chi connectivity index (χ0n) is 10.9. The fourth-order valence-electron chi connectivity index (χ4n) is 2.35. The monoisotopic (exact) mass is 253 g/mol. The highest BCUT2D eigenvalue weighted by molar-refractivity contribution is 5.39. The Bertz CT molecular complexity index is 369. The van der Waals surface area contributed by atoms with E-state index in [0.717, 1.165) is 25.8 Å². The van der Waals surface area contributed by atoms with E-state index in [1.165, 1.54) is 0 Å². The Hall–Kier alpha value is -1.29. The minimum atomic E-state index is -1.02. The molecule has 1 N–H and O–H groups in total. The molecule has 1 aliphatic rings. The van der Waals surface area contributed by atoms with Crippen LogP contribution in [0.5, 0.6) is 11.5 Å². The normalized spacial score (nSPS) is 21.4. The van der Waals surface area contributed by atoms with Crippen LogP contribution in [0.1, 0.15) is 31.0 Å². The largest absolute Gasteiger partial charge is 0.497 e. The van der Waals surface area contributed by atoms with Crippen LogP contribution in [0, 0.1) is 0 Å². The van der Waals surface area contributed by atoms with Crippen LogP contribution in [0.15, 0.2) is 18.2 Å². The van der Waals surface area contributed by atoms with Gasteiger partial charge in [0.1, 0.15) is 17.7 Å². The van der Waals surface area contributed by atoms with Crippen molar-refractivity contribution < 1.29 is 13.9 Å². The van der Waals surface area contributed by atoms with E-state index in [-0.39, 0.29) is 6.04 Å². The number of halogens is 1. The Morgan fingerprint density at radius 2 is 1.83 bits per heavy atom. The summed E-state index contributed by atoms with van der Waals surface area (Å²) in [6.07, 6.45) is 2.07. The van der Waals surface area contributed by atoms with Crippen molar-refractivity contribution in [3.8, 4) is 11.5 Å². The molecule has 1 fully saturated rings. The van der Waals surface area contributed by atoms with Crippen LogP contribution in [-0.2, 0) is 0 Å². The van der Waals surface area contributed by atoms with E-state index in [1.807, 2.05) is 0 Å². The lowest BCUT2D eigenvalue weighted by molar-refractivity contribution is 0.220. The summed E-state index contributed by atoms with van der Waals surface area (Å²) >= 11 is 0. The van der Waals surface area contributed by atoms with Crippen LogP contribution >= 0.6 is 0 Å². The van der Waals surface area contributed by atoms with Crippen molar-refractivity contribution in [2.75, 3.05) is 20.8 Å². The molecule has 1 heterocycles. The van der Waals surface area contributed by atoms with Gasteiger partial charge in [-0.1, -0.05) is 6.42 Å². The molecule has 1 aromatic carbocycles. The first kappa shape index (κ1) is 13.1. The standard InChI is InChI=1S/C14H20FNO2/c1-17-11-7-10(8-12(9-11)18-2)14(15)13-5-3-4-6-16-13/h7-9,13-14,16H,3-6H2,1-2H3. The van der Waals surface area contributed by atoms with Gasteiger partial charge in [-0.25, -0.2) is 4.39 Å². The lowest BCUT2D eigenvalue weighted by Gasteiger charge is -2.27. The average molecular weight is 253 g/mol. The molecule has 1 aromatic rings. The van der Waals surface area contributed by atoms with E-state index in [1.54, 1.807) is 32.4 Å². The van der Waals surface area contributed by atoms with E-state index >= 15 is 0 Å². The van der Waals surface area contributed by atoms with Crippen LogP contribution in [0.2, 0.25) is 0 Å². The van der Waals surface area contributed by atoms with Crippen LogP contribution in [-0.4, -0.2) is 26.8 Å². The molecular weight excluding hydrogens is 233 g/mol. The molecule has 100 valence electrons. The first-order valence-electron chi connectivity index (χ1n) is 6.35. The van der Waals surface area contributed by atoms with Crippen LogP contribution in [0.25, 0.3) is 0 Å². The second-order valence-electron chi connectivity index (χ2n) is 4.60. The number of ether oxygens (including phenoxy) is 2. The lowest BCUT2D eigenvalue weighted by Crippen LogP contribution is -2.37. The maximum Gasteiger partial charge on any atom is 0.141 e. The second-order valence-corrected chi connectivity index (χ2v) is 4.60. The van der Waals surface area contributed by atoms with Gasteiger partial charge >= 0.3 is 0 Å². The third-order valence-corrected chi connectivity index (χ3v) is 3.39. The lowest BCUT2D eigenvalue weighted by atomic mass is 9.96. The molecule has 4 heteroatoms. The first-order chi connectivity index (χ1) is 8.74. The number of nitrogens with one attached hydrogen (secondary N) is 1. The summed E-state index contributed by atoms with van der Waals surface area (Å²) in [5, 5.41) is 3.24. The molecule has 2 unspecified atom stereocenters. The van der Waals surface area contributed by atoms with E-state index in [0.29, 0.717) is 17.1 Å². The number of hydrogen-bond acceptors (Lipinski definition) is 3. The smallest absolute Gasteiger partial charge is 0.141 e. The van der Waals surface area contributed by atoms with Gasteiger partial charge in [-0.05, 0) is 37.1 Å². The van der Waals surface area contributed by atoms with Crippen LogP contribution in [0.4, 0.5) is 4.39 Å². The fraction of sp³-hybridized carbons (Fsp3) is 0.571. The van der Waals surface area contributed by atoms with Crippen molar-refractivity contribution in [2.24, 2.45) is 0 Å². The van der Waals surface area contributed by atoms with Gasteiger partial charge < -0.3 is 14.8 Å². The minimum absolute atomic E-state index is 0.101. The molecule has 0 amide bonds. The minimum Gasteiger partial charge on any atom is -0.497 e. The van der Waals surface area contributed by atoms with Crippen LogP contribution in [0.3, 0.4) is 0 Å². The Labute approximate surface area is 107 Å². The molecule has 18 heavy (non-hydrogen) atoms. The molecular formula is C14H20FNO2. The number of rotatable bonds is 4. The zero-order chi connectivity index (χ0) is 13.0. The maximum atomic E-state index is 14.5. The summed E-state index contributed by atoms with van der Waals surface area (Å²) in [5.74, 6) is 1.26. The summed E-state index contributed by atoms with van der Waals surface area (Å²) in [4.78, 5) is 0. The van der Waals surface area contributed by atoms with E-state index in [4.69, 9.17) is 9.47 Å². The Kier molecular flexibility index (Phi) is 4.42. The number of methoxy groups -OCH3 is 2. The van der Waals surface area contributed by atoms with Crippen molar-refractivity contribution in [1.29, 1.82) is 0 Å². The van der Waals surface area contributed by atoms with Gasteiger partial charge in [-0.2, -0.15) is 0 Å². The predicted molar refractivity (Wildman–Crippen MR) is 69.0 cm³/mol. The average Bonchev–Trinajstić information content (AvgIpc) is 2.46. The van der Waals surface area contributed by atoms with Gasteiger partial charge in [0, 0.05) is 12.1 Å². The molecule has 2 atom stereocenters. The number of piperidine rings is 1. The quantitative estimate of drug-likeness (QED) is 0.895.